The molecule has 0 bridgehead atoms. The van der Waals surface area contributed by atoms with Crippen molar-refractivity contribution in [3.63, 3.8) is 0 Å². The van der Waals surface area contributed by atoms with E-state index in [0.29, 0.717) is 0 Å². The molecule has 30 heavy (non-hydrogen) atoms. The van der Waals surface area contributed by atoms with E-state index in [9.17, 15) is 24.5 Å². The van der Waals surface area contributed by atoms with Crippen LogP contribution < -0.4 is 0 Å². The van der Waals surface area contributed by atoms with E-state index in [-0.39, 0.29) is 30.7 Å². The van der Waals surface area contributed by atoms with Crippen molar-refractivity contribution in [3.05, 3.63) is 87.5 Å². The highest BCUT2D eigenvalue weighted by molar-refractivity contribution is 6.23. The molecule has 0 radical (unpaired) electrons. The molecule has 0 saturated carbocycles. The Hall–Kier alpha value is -4.07. The second kappa shape index (κ2) is 7.75. The van der Waals surface area contributed by atoms with E-state index in [1.807, 2.05) is 42.5 Å². The van der Waals surface area contributed by atoms with Gasteiger partial charge in [0.1, 0.15) is 12.2 Å². The molecule has 8 heteroatoms. The number of hydrogen-bond acceptors (Lipinski definition) is 6. The molecule has 0 aromatic heterocycles. The number of amides is 2. The number of nitro groups is 1. The summed E-state index contributed by atoms with van der Waals surface area (Å²) in [5, 5.41) is 13.1. The number of carbonyl (C=O) groups is 3. The number of rotatable bonds is 6. The van der Waals surface area contributed by atoms with Gasteiger partial charge in [-0.15, -0.1) is 0 Å². The summed E-state index contributed by atoms with van der Waals surface area (Å²) in [6, 6.07) is 17.3. The minimum atomic E-state index is -0.774. The van der Waals surface area contributed by atoms with Crippen LogP contribution in [0.3, 0.4) is 0 Å². The third-order valence-corrected chi connectivity index (χ3v) is 4.98. The van der Waals surface area contributed by atoms with Crippen LogP contribution in [0.15, 0.2) is 60.7 Å². The first-order valence-corrected chi connectivity index (χ1v) is 9.23. The number of ether oxygens (including phenoxy) is 1. The number of benzene rings is 3. The number of nitro benzene ring substituents is 1. The number of fused-ring (bicyclic) bond motifs is 2. The third kappa shape index (κ3) is 3.39. The smallest absolute Gasteiger partial charge is 0.307 e. The van der Waals surface area contributed by atoms with Crippen molar-refractivity contribution < 1.29 is 24.0 Å². The van der Waals surface area contributed by atoms with Crippen molar-refractivity contribution in [1.82, 2.24) is 4.90 Å². The topological polar surface area (TPSA) is 107 Å². The molecular formula is C22H16N2O6. The lowest BCUT2D eigenvalue weighted by Gasteiger charge is -2.13. The summed E-state index contributed by atoms with van der Waals surface area (Å²) in [5.41, 5.74) is 0.152. The van der Waals surface area contributed by atoms with Crippen molar-refractivity contribution in [1.29, 1.82) is 0 Å². The molecule has 0 saturated heterocycles. The lowest BCUT2D eigenvalue weighted by Crippen LogP contribution is -2.32. The summed E-state index contributed by atoms with van der Waals surface area (Å²) in [6.07, 6.45) is -0.204. The Kier molecular flexibility index (Phi) is 4.97. The standard InChI is InChI=1S/C22H16N2O6/c25-19(30-13-15-7-3-6-14-5-1-2-8-16(14)15)11-12-23-21(26)17-9-4-10-18(24(28)29)20(17)22(23)27/h1-10H,11-13H2. The molecular weight excluding hydrogens is 388 g/mol. The number of nitrogens with zero attached hydrogens (tertiary/aromatic N) is 2. The van der Waals surface area contributed by atoms with Crippen LogP contribution in [0.25, 0.3) is 10.8 Å². The predicted molar refractivity (Wildman–Crippen MR) is 107 cm³/mol. The molecule has 0 spiro atoms. The van der Waals surface area contributed by atoms with Crippen LogP contribution in [-0.2, 0) is 16.1 Å². The Morgan fingerprint density at radius 1 is 0.967 bits per heavy atom. The molecule has 0 aliphatic carbocycles. The zero-order chi connectivity index (χ0) is 21.3. The summed E-state index contributed by atoms with van der Waals surface area (Å²) in [4.78, 5) is 48.5. The number of esters is 1. The monoisotopic (exact) mass is 404 g/mol. The molecule has 4 rings (SSSR count). The number of imide groups is 1. The normalized spacial score (nSPS) is 12.9. The van der Waals surface area contributed by atoms with Gasteiger partial charge in [0.25, 0.3) is 17.5 Å². The van der Waals surface area contributed by atoms with Gasteiger partial charge in [0, 0.05) is 12.6 Å². The first-order valence-electron chi connectivity index (χ1n) is 9.23. The van der Waals surface area contributed by atoms with E-state index in [1.165, 1.54) is 18.2 Å². The van der Waals surface area contributed by atoms with Crippen LogP contribution in [0.2, 0.25) is 0 Å². The van der Waals surface area contributed by atoms with Gasteiger partial charge in [0.2, 0.25) is 0 Å². The van der Waals surface area contributed by atoms with Gasteiger partial charge in [-0.05, 0) is 22.4 Å². The lowest BCUT2D eigenvalue weighted by molar-refractivity contribution is -0.385. The zero-order valence-corrected chi connectivity index (χ0v) is 15.7. The molecule has 0 fully saturated rings. The van der Waals surface area contributed by atoms with E-state index in [1.54, 1.807) is 0 Å². The first kappa shape index (κ1) is 19.3. The van der Waals surface area contributed by atoms with E-state index in [0.717, 1.165) is 21.2 Å². The van der Waals surface area contributed by atoms with Crippen LogP contribution in [-0.4, -0.2) is 34.2 Å². The fraction of sp³-hybridized carbons (Fsp3) is 0.136. The van der Waals surface area contributed by atoms with E-state index in [2.05, 4.69) is 0 Å². The van der Waals surface area contributed by atoms with Crippen LogP contribution >= 0.6 is 0 Å². The fourth-order valence-corrected chi connectivity index (χ4v) is 3.52. The van der Waals surface area contributed by atoms with Gasteiger partial charge in [-0.25, -0.2) is 0 Å². The Balaban J connectivity index is 1.41. The summed E-state index contributed by atoms with van der Waals surface area (Å²) in [7, 11) is 0. The van der Waals surface area contributed by atoms with Crippen molar-refractivity contribution in [2.45, 2.75) is 13.0 Å². The molecule has 150 valence electrons. The lowest BCUT2D eigenvalue weighted by atomic mass is 10.1. The van der Waals surface area contributed by atoms with E-state index >= 15 is 0 Å². The first-order chi connectivity index (χ1) is 14.5. The highest BCUT2D eigenvalue weighted by Gasteiger charge is 2.40. The molecule has 1 heterocycles. The van der Waals surface area contributed by atoms with Crippen molar-refractivity contribution in [3.8, 4) is 0 Å². The van der Waals surface area contributed by atoms with Crippen LogP contribution in [0.4, 0.5) is 5.69 Å². The molecule has 0 atom stereocenters. The van der Waals surface area contributed by atoms with Gasteiger partial charge in [0.15, 0.2) is 0 Å². The average molecular weight is 404 g/mol. The number of carbonyl (C=O) groups excluding carboxylic acids is 3. The molecule has 8 nitrogen and oxygen atoms in total. The second-order valence-corrected chi connectivity index (χ2v) is 6.77. The van der Waals surface area contributed by atoms with E-state index < -0.39 is 28.4 Å². The summed E-state index contributed by atoms with van der Waals surface area (Å²) >= 11 is 0. The van der Waals surface area contributed by atoms with Crippen molar-refractivity contribution >= 4 is 34.2 Å². The zero-order valence-electron chi connectivity index (χ0n) is 15.7. The molecule has 1 aliphatic rings. The minimum Gasteiger partial charge on any atom is -0.461 e. The molecule has 3 aromatic carbocycles. The maximum Gasteiger partial charge on any atom is 0.307 e. The van der Waals surface area contributed by atoms with Gasteiger partial charge >= 0.3 is 5.97 Å². The van der Waals surface area contributed by atoms with Crippen molar-refractivity contribution in [2.24, 2.45) is 0 Å². The fourth-order valence-electron chi connectivity index (χ4n) is 3.52. The maximum atomic E-state index is 12.5. The van der Waals surface area contributed by atoms with Gasteiger partial charge in [0.05, 0.1) is 16.9 Å². The third-order valence-electron chi connectivity index (χ3n) is 4.98. The summed E-state index contributed by atoms with van der Waals surface area (Å²) in [6.45, 7) is -0.147. The molecule has 0 N–H and O–H groups in total. The van der Waals surface area contributed by atoms with Crippen LogP contribution in [0.5, 0.6) is 0 Å². The largest absolute Gasteiger partial charge is 0.461 e. The molecule has 2 amide bonds. The predicted octanol–water partition coefficient (Wildman–Crippen LogP) is 3.48. The summed E-state index contributed by atoms with van der Waals surface area (Å²) in [5.74, 6) is -2.00. The van der Waals surface area contributed by atoms with Gasteiger partial charge in [-0.1, -0.05) is 48.5 Å². The van der Waals surface area contributed by atoms with Crippen molar-refractivity contribution in [2.75, 3.05) is 6.54 Å². The maximum absolute atomic E-state index is 12.5. The van der Waals surface area contributed by atoms with Crippen LogP contribution in [0.1, 0.15) is 32.7 Å². The highest BCUT2D eigenvalue weighted by atomic mass is 16.6. The van der Waals surface area contributed by atoms with Gasteiger partial charge in [-0.3, -0.25) is 29.4 Å². The van der Waals surface area contributed by atoms with Crippen LogP contribution in [0, 0.1) is 10.1 Å². The quantitative estimate of drug-likeness (QED) is 0.269. The Morgan fingerprint density at radius 2 is 1.70 bits per heavy atom. The van der Waals surface area contributed by atoms with Gasteiger partial charge < -0.3 is 4.74 Å². The minimum absolute atomic E-state index is 0.0293. The molecule has 3 aromatic rings. The average Bonchev–Trinajstić information content (AvgIpc) is 3.00. The van der Waals surface area contributed by atoms with Gasteiger partial charge in [-0.2, -0.15) is 0 Å². The SMILES string of the molecule is O=C(CCN1C(=O)c2cccc([N+](=O)[O-])c2C1=O)OCc1cccc2ccccc12. The molecule has 1 aliphatic heterocycles. The summed E-state index contributed by atoms with van der Waals surface area (Å²) < 4.78 is 5.31. The Bertz CT molecular complexity index is 1200. The molecule has 0 unspecified atom stereocenters. The van der Waals surface area contributed by atoms with E-state index in [4.69, 9.17) is 4.74 Å². The number of hydrogen-bond donors (Lipinski definition) is 0. The highest BCUT2D eigenvalue weighted by Crippen LogP contribution is 2.30. The second-order valence-electron chi connectivity index (χ2n) is 6.77. The Labute approximate surface area is 170 Å². The Morgan fingerprint density at radius 3 is 2.50 bits per heavy atom.